The van der Waals surface area contributed by atoms with Gasteiger partial charge in [0.05, 0.1) is 0 Å². The Morgan fingerprint density at radius 1 is 0.773 bits per heavy atom. The molecule has 0 spiro atoms. The Bertz CT molecular complexity index is 521. The molecular weight excluding hydrogens is 268 g/mol. The fourth-order valence-corrected chi connectivity index (χ4v) is 1.82. The van der Waals surface area contributed by atoms with E-state index in [-0.39, 0.29) is 5.78 Å². The van der Waals surface area contributed by atoms with Gasteiger partial charge in [-0.15, -0.1) is 0 Å². The van der Waals surface area contributed by atoms with Crippen molar-refractivity contribution >= 4 is 5.78 Å². The van der Waals surface area contributed by atoms with E-state index in [1.165, 1.54) is 16.7 Å². The zero-order chi connectivity index (χ0) is 17.0. The van der Waals surface area contributed by atoms with Crippen LogP contribution in [0.3, 0.4) is 0 Å². The number of aryl methyl sites for hydroxylation is 3. The molecule has 1 heteroatoms. The van der Waals surface area contributed by atoms with Gasteiger partial charge in [-0.3, -0.25) is 4.79 Å². The highest BCUT2D eigenvalue weighted by Gasteiger charge is 1.95. The van der Waals surface area contributed by atoms with Crippen LogP contribution in [-0.4, -0.2) is 5.78 Å². The van der Waals surface area contributed by atoms with Gasteiger partial charge >= 0.3 is 0 Å². The van der Waals surface area contributed by atoms with Crippen molar-refractivity contribution in [2.24, 2.45) is 0 Å². The first kappa shape index (κ1) is 20.1. The summed E-state index contributed by atoms with van der Waals surface area (Å²) < 4.78 is 0. The van der Waals surface area contributed by atoms with Crippen LogP contribution in [0.2, 0.25) is 0 Å². The number of Topliss-reactive ketones (excluding diaryl/α,β-unsaturated/α-hetero) is 1. The molecule has 0 aliphatic carbocycles. The minimum absolute atomic E-state index is 0.217. The van der Waals surface area contributed by atoms with E-state index in [4.69, 9.17) is 0 Å². The van der Waals surface area contributed by atoms with E-state index in [2.05, 4.69) is 38.1 Å². The summed E-state index contributed by atoms with van der Waals surface area (Å²) in [7, 11) is 0. The molecule has 0 fully saturated rings. The first-order chi connectivity index (χ1) is 10.5. The second-order valence-corrected chi connectivity index (χ2v) is 5.20. The lowest BCUT2D eigenvalue weighted by Crippen LogP contribution is -1.95. The first-order valence-electron chi connectivity index (χ1n) is 8.11. The smallest absolute Gasteiger partial charge is 0.134 e. The second-order valence-electron chi connectivity index (χ2n) is 5.20. The first-order valence-corrected chi connectivity index (χ1v) is 8.11. The molecule has 0 heterocycles. The molecule has 120 valence electrons. The van der Waals surface area contributed by atoms with Gasteiger partial charge in [0.2, 0.25) is 0 Å². The van der Waals surface area contributed by atoms with Gasteiger partial charge in [-0.1, -0.05) is 80.4 Å². The van der Waals surface area contributed by atoms with Crippen molar-refractivity contribution in [1.82, 2.24) is 0 Å². The number of carbonyl (C=O) groups is 1. The summed E-state index contributed by atoms with van der Waals surface area (Å²) in [6.07, 6.45) is 1.69. The van der Waals surface area contributed by atoms with Crippen LogP contribution in [0.1, 0.15) is 49.9 Å². The average Bonchev–Trinajstić information content (AvgIpc) is 2.53. The van der Waals surface area contributed by atoms with Crippen molar-refractivity contribution in [3.05, 3.63) is 70.8 Å². The molecule has 0 atom stereocenters. The van der Waals surface area contributed by atoms with Gasteiger partial charge in [0.15, 0.2) is 0 Å². The lowest BCUT2D eigenvalue weighted by atomic mass is 10.1. The molecule has 0 unspecified atom stereocenters. The van der Waals surface area contributed by atoms with Crippen molar-refractivity contribution in [2.75, 3.05) is 0 Å². The van der Waals surface area contributed by atoms with Gasteiger partial charge in [-0.25, -0.2) is 0 Å². The van der Waals surface area contributed by atoms with Gasteiger partial charge in [-0.05, 0) is 38.3 Å². The van der Waals surface area contributed by atoms with E-state index in [0.717, 1.165) is 12.0 Å². The van der Waals surface area contributed by atoms with Crippen LogP contribution in [0.15, 0.2) is 48.5 Å². The van der Waals surface area contributed by atoms with Crippen molar-refractivity contribution in [3.8, 4) is 0 Å². The van der Waals surface area contributed by atoms with E-state index < -0.39 is 0 Å². The molecule has 0 aliphatic rings. The maximum Gasteiger partial charge on any atom is 0.134 e. The number of hydrogen-bond acceptors (Lipinski definition) is 1. The van der Waals surface area contributed by atoms with Crippen LogP contribution in [-0.2, 0) is 17.6 Å². The fourth-order valence-electron chi connectivity index (χ4n) is 1.82. The Kier molecular flexibility index (Phi) is 10.7. The van der Waals surface area contributed by atoms with Gasteiger partial charge in [-0.2, -0.15) is 0 Å². The molecule has 0 aromatic heterocycles. The number of rotatable bonds is 3. The van der Waals surface area contributed by atoms with Crippen molar-refractivity contribution in [3.63, 3.8) is 0 Å². The molecule has 22 heavy (non-hydrogen) atoms. The Labute approximate surface area is 136 Å². The van der Waals surface area contributed by atoms with Crippen LogP contribution in [0, 0.1) is 13.8 Å². The summed E-state index contributed by atoms with van der Waals surface area (Å²) in [6.45, 7) is 11.9. The molecule has 0 aliphatic heterocycles. The minimum atomic E-state index is 0.217. The van der Waals surface area contributed by atoms with Crippen molar-refractivity contribution < 1.29 is 4.79 Å². The topological polar surface area (TPSA) is 17.1 Å². The number of ketones is 1. The predicted octanol–water partition coefficient (Wildman–Crippen LogP) is 5.71. The summed E-state index contributed by atoms with van der Waals surface area (Å²) in [5.74, 6) is 0.217. The third-order valence-corrected chi connectivity index (χ3v) is 3.10. The molecule has 0 saturated heterocycles. The third-order valence-electron chi connectivity index (χ3n) is 3.10. The summed E-state index contributed by atoms with van der Waals surface area (Å²) in [4.78, 5) is 10.7. The van der Waals surface area contributed by atoms with E-state index in [9.17, 15) is 4.79 Å². The molecule has 0 saturated carbocycles. The molecule has 0 N–H and O–H groups in total. The Morgan fingerprint density at radius 2 is 1.14 bits per heavy atom. The average molecular weight is 298 g/mol. The lowest BCUT2D eigenvalue weighted by Gasteiger charge is -1.96. The minimum Gasteiger partial charge on any atom is -0.300 e. The number of carbonyl (C=O) groups excluding carboxylic acids is 1. The molecule has 2 rings (SSSR count). The highest BCUT2D eigenvalue weighted by atomic mass is 16.1. The molecule has 0 radical (unpaired) electrons. The van der Waals surface area contributed by atoms with E-state index >= 15 is 0 Å². The highest BCUT2D eigenvalue weighted by Crippen LogP contribution is 2.04. The van der Waals surface area contributed by atoms with Crippen molar-refractivity contribution in [2.45, 2.75) is 54.4 Å². The number of benzene rings is 2. The maximum absolute atomic E-state index is 10.7. The summed E-state index contributed by atoms with van der Waals surface area (Å²) in [5, 5.41) is 0. The van der Waals surface area contributed by atoms with E-state index in [0.29, 0.717) is 6.42 Å². The Morgan fingerprint density at radius 3 is 1.45 bits per heavy atom. The molecule has 2 aromatic rings. The van der Waals surface area contributed by atoms with E-state index in [1.54, 1.807) is 6.92 Å². The van der Waals surface area contributed by atoms with Crippen molar-refractivity contribution in [1.29, 1.82) is 0 Å². The maximum atomic E-state index is 10.7. The zero-order valence-electron chi connectivity index (χ0n) is 14.9. The Hall–Kier alpha value is -1.89. The molecule has 2 aromatic carbocycles. The third kappa shape index (κ3) is 9.12. The monoisotopic (exact) mass is 298 g/mol. The zero-order valence-corrected chi connectivity index (χ0v) is 14.9. The SMILES string of the molecule is CC.CC(=O)Cc1ccc(C)cc1.CCc1ccc(C)cc1. The van der Waals surface area contributed by atoms with Gasteiger partial charge in [0, 0.05) is 6.42 Å². The van der Waals surface area contributed by atoms with Gasteiger partial charge in [0.1, 0.15) is 5.78 Å². The highest BCUT2D eigenvalue weighted by molar-refractivity contribution is 5.78. The summed E-state index contributed by atoms with van der Waals surface area (Å²) in [6, 6.07) is 16.7. The van der Waals surface area contributed by atoms with Gasteiger partial charge < -0.3 is 0 Å². The summed E-state index contributed by atoms with van der Waals surface area (Å²) in [5.41, 5.74) is 5.09. The lowest BCUT2D eigenvalue weighted by molar-refractivity contribution is -0.116. The van der Waals surface area contributed by atoms with E-state index in [1.807, 2.05) is 45.0 Å². The Balaban J connectivity index is 0.000000366. The van der Waals surface area contributed by atoms with Gasteiger partial charge in [0.25, 0.3) is 0 Å². The van der Waals surface area contributed by atoms with Crippen LogP contribution < -0.4 is 0 Å². The molecule has 0 bridgehead atoms. The number of hydrogen-bond donors (Lipinski definition) is 0. The van der Waals surface area contributed by atoms with Crippen LogP contribution >= 0.6 is 0 Å². The summed E-state index contributed by atoms with van der Waals surface area (Å²) >= 11 is 0. The molecular formula is C21H30O. The van der Waals surface area contributed by atoms with Crippen LogP contribution in [0.4, 0.5) is 0 Å². The van der Waals surface area contributed by atoms with Crippen LogP contribution in [0.25, 0.3) is 0 Å². The standard InChI is InChI=1S/C10H12O.C9H12.C2H6/c1-8-3-5-10(6-4-8)7-9(2)11;1-3-9-6-4-8(2)5-7-9;1-2/h3-6H,7H2,1-2H3;4-7H,3H2,1-2H3;1-2H3. The second kappa shape index (κ2) is 11.7. The molecule has 0 amide bonds. The normalized spacial score (nSPS) is 9.00. The molecule has 1 nitrogen and oxygen atoms in total. The predicted molar refractivity (Wildman–Crippen MR) is 97.5 cm³/mol. The largest absolute Gasteiger partial charge is 0.300 e. The fraction of sp³-hybridized carbons (Fsp3) is 0.381. The quantitative estimate of drug-likeness (QED) is 0.709. The van der Waals surface area contributed by atoms with Crippen LogP contribution in [0.5, 0.6) is 0 Å².